The molecule has 3 aliphatic heterocycles. The first-order chi connectivity index (χ1) is 14.0. The zero-order valence-corrected chi connectivity index (χ0v) is 15.8. The third-order valence-electron chi connectivity index (χ3n) is 6.11. The number of carboxylic acid groups (broad SMARTS) is 1. The molecule has 1 amide bonds. The second-order valence-electron chi connectivity index (χ2n) is 7.82. The number of fused-ring (bicyclic) bond motifs is 2. The van der Waals surface area contributed by atoms with E-state index in [1.165, 1.54) is 4.90 Å². The standard InChI is InChI=1S/C22H20N2O5/c1-11(25)19-17-9-15(20(22(27)28)24(17)21(19)26)18-10-16(23-29-18)14-7-6-12-4-2-3-5-13(12)8-14/h2-8,11,17-19,25H,9-10H2,1H3,(H,27,28)/t11-,17-,18-,19-/m1/s1. The van der Waals surface area contributed by atoms with Crippen molar-refractivity contribution in [3.8, 4) is 0 Å². The summed E-state index contributed by atoms with van der Waals surface area (Å²) in [7, 11) is 0. The van der Waals surface area contributed by atoms with Gasteiger partial charge in [0.05, 0.1) is 23.8 Å². The van der Waals surface area contributed by atoms with Crippen LogP contribution in [0.3, 0.4) is 0 Å². The molecule has 4 atom stereocenters. The van der Waals surface area contributed by atoms with Gasteiger partial charge in [-0.1, -0.05) is 41.6 Å². The van der Waals surface area contributed by atoms with E-state index in [0.717, 1.165) is 22.0 Å². The Labute approximate surface area is 166 Å². The molecule has 2 aromatic rings. The normalized spacial score (nSPS) is 26.8. The molecule has 2 N–H and O–H groups in total. The summed E-state index contributed by atoms with van der Waals surface area (Å²) in [4.78, 5) is 31.2. The summed E-state index contributed by atoms with van der Waals surface area (Å²) < 4.78 is 0. The third-order valence-corrected chi connectivity index (χ3v) is 6.11. The number of hydrogen-bond donors (Lipinski definition) is 2. The number of nitrogens with zero attached hydrogens (tertiary/aromatic N) is 2. The molecule has 1 fully saturated rings. The Bertz CT molecular complexity index is 1100. The zero-order valence-electron chi connectivity index (χ0n) is 15.8. The lowest BCUT2D eigenvalue weighted by Crippen LogP contribution is -2.61. The Morgan fingerprint density at radius 2 is 1.97 bits per heavy atom. The molecule has 0 aliphatic carbocycles. The lowest BCUT2D eigenvalue weighted by molar-refractivity contribution is -0.161. The second kappa shape index (κ2) is 6.42. The van der Waals surface area contributed by atoms with Gasteiger partial charge in [0.25, 0.3) is 0 Å². The van der Waals surface area contributed by atoms with Crippen molar-refractivity contribution in [2.24, 2.45) is 11.1 Å². The van der Waals surface area contributed by atoms with Gasteiger partial charge in [0, 0.05) is 17.6 Å². The van der Waals surface area contributed by atoms with Crippen LogP contribution in [0.2, 0.25) is 0 Å². The zero-order chi connectivity index (χ0) is 20.3. The predicted molar refractivity (Wildman–Crippen MR) is 105 cm³/mol. The summed E-state index contributed by atoms with van der Waals surface area (Å²) in [6.07, 6.45) is -0.505. The van der Waals surface area contributed by atoms with Crippen LogP contribution in [0.4, 0.5) is 0 Å². The van der Waals surface area contributed by atoms with Crippen molar-refractivity contribution in [2.45, 2.75) is 38.0 Å². The van der Waals surface area contributed by atoms with Crippen molar-refractivity contribution in [1.29, 1.82) is 0 Å². The van der Waals surface area contributed by atoms with Gasteiger partial charge in [-0.2, -0.15) is 0 Å². The van der Waals surface area contributed by atoms with E-state index in [1.54, 1.807) is 6.92 Å². The largest absolute Gasteiger partial charge is 0.477 e. The van der Waals surface area contributed by atoms with Crippen LogP contribution in [0, 0.1) is 5.92 Å². The van der Waals surface area contributed by atoms with E-state index < -0.39 is 24.1 Å². The molecule has 3 aliphatic rings. The quantitative estimate of drug-likeness (QED) is 0.778. The van der Waals surface area contributed by atoms with E-state index >= 15 is 0 Å². The predicted octanol–water partition coefficient (Wildman–Crippen LogP) is 2.28. The smallest absolute Gasteiger partial charge is 0.352 e. The highest BCUT2D eigenvalue weighted by Crippen LogP contribution is 2.46. The van der Waals surface area contributed by atoms with Crippen LogP contribution < -0.4 is 0 Å². The second-order valence-corrected chi connectivity index (χ2v) is 7.82. The fourth-order valence-corrected chi connectivity index (χ4v) is 4.69. The third kappa shape index (κ3) is 2.65. The topological polar surface area (TPSA) is 99.4 Å². The molecule has 7 nitrogen and oxygen atoms in total. The van der Waals surface area contributed by atoms with Gasteiger partial charge in [-0.25, -0.2) is 4.79 Å². The molecule has 0 saturated carbocycles. The number of carbonyl (C=O) groups excluding carboxylic acids is 1. The van der Waals surface area contributed by atoms with Gasteiger partial charge in [-0.3, -0.25) is 4.79 Å². The Morgan fingerprint density at radius 3 is 2.69 bits per heavy atom. The van der Waals surface area contributed by atoms with Crippen LogP contribution in [0.1, 0.15) is 25.3 Å². The molecule has 2 aromatic carbocycles. The number of amides is 1. The molecular weight excluding hydrogens is 372 g/mol. The molecule has 3 heterocycles. The van der Waals surface area contributed by atoms with Gasteiger partial charge in [-0.05, 0) is 30.2 Å². The lowest BCUT2D eigenvalue weighted by Gasteiger charge is -2.44. The van der Waals surface area contributed by atoms with Crippen molar-refractivity contribution in [3.63, 3.8) is 0 Å². The highest BCUT2D eigenvalue weighted by molar-refractivity contribution is 6.05. The Kier molecular flexibility index (Phi) is 3.96. The Morgan fingerprint density at radius 1 is 1.21 bits per heavy atom. The molecule has 0 spiro atoms. The van der Waals surface area contributed by atoms with E-state index in [2.05, 4.69) is 5.16 Å². The van der Waals surface area contributed by atoms with E-state index in [0.29, 0.717) is 18.4 Å². The van der Waals surface area contributed by atoms with Gasteiger partial charge in [-0.15, -0.1) is 0 Å². The molecule has 0 bridgehead atoms. The fourth-order valence-electron chi connectivity index (χ4n) is 4.69. The Balaban J connectivity index is 1.41. The molecule has 29 heavy (non-hydrogen) atoms. The van der Waals surface area contributed by atoms with Gasteiger partial charge in [0.2, 0.25) is 5.91 Å². The van der Waals surface area contributed by atoms with Crippen LogP contribution >= 0.6 is 0 Å². The maximum absolute atomic E-state index is 12.4. The van der Waals surface area contributed by atoms with Crippen LogP contribution in [-0.2, 0) is 14.4 Å². The van der Waals surface area contributed by atoms with Crippen LogP contribution in [-0.4, -0.2) is 51.0 Å². The number of aliphatic hydroxyl groups excluding tert-OH is 1. The van der Waals surface area contributed by atoms with Crippen LogP contribution in [0.5, 0.6) is 0 Å². The van der Waals surface area contributed by atoms with Gasteiger partial charge in [0.1, 0.15) is 5.70 Å². The van der Waals surface area contributed by atoms with Crippen LogP contribution in [0.25, 0.3) is 10.8 Å². The highest BCUT2D eigenvalue weighted by atomic mass is 16.6. The molecule has 1 saturated heterocycles. The van der Waals surface area contributed by atoms with E-state index in [-0.39, 0.29) is 17.6 Å². The van der Waals surface area contributed by atoms with E-state index in [1.807, 2.05) is 42.5 Å². The van der Waals surface area contributed by atoms with Crippen molar-refractivity contribution < 1.29 is 24.6 Å². The summed E-state index contributed by atoms with van der Waals surface area (Å²) in [5.41, 5.74) is 2.24. The number of hydrogen-bond acceptors (Lipinski definition) is 5. The minimum absolute atomic E-state index is 0.0168. The number of oxime groups is 1. The summed E-state index contributed by atoms with van der Waals surface area (Å²) in [6.45, 7) is 1.56. The van der Waals surface area contributed by atoms with Gasteiger partial charge in [0.15, 0.2) is 6.10 Å². The number of benzene rings is 2. The highest BCUT2D eigenvalue weighted by Gasteiger charge is 2.58. The molecule has 5 rings (SSSR count). The molecule has 0 unspecified atom stereocenters. The average molecular weight is 392 g/mol. The lowest BCUT2D eigenvalue weighted by atomic mass is 9.82. The maximum atomic E-state index is 12.4. The first-order valence-corrected chi connectivity index (χ1v) is 9.65. The maximum Gasteiger partial charge on any atom is 0.352 e. The van der Waals surface area contributed by atoms with E-state index in [9.17, 15) is 19.8 Å². The number of carbonyl (C=O) groups is 2. The number of β-lactam (4-membered cyclic amide) rings is 1. The summed E-state index contributed by atoms with van der Waals surface area (Å²) in [6, 6.07) is 13.8. The van der Waals surface area contributed by atoms with Crippen molar-refractivity contribution in [1.82, 2.24) is 4.90 Å². The number of aliphatic carboxylic acids is 1. The van der Waals surface area contributed by atoms with Crippen molar-refractivity contribution in [3.05, 3.63) is 59.3 Å². The molecular formula is C22H20N2O5. The number of aliphatic hydroxyl groups is 1. The first kappa shape index (κ1) is 17.9. The SMILES string of the molecule is C[C@@H](O)[C@H]1C(=O)N2C(C(=O)O)=C([C@H]3CC(c4ccc5ccccc5c4)=NO3)C[C@H]12. The molecule has 0 aromatic heterocycles. The van der Waals surface area contributed by atoms with Crippen molar-refractivity contribution in [2.75, 3.05) is 0 Å². The first-order valence-electron chi connectivity index (χ1n) is 9.65. The van der Waals surface area contributed by atoms with Gasteiger partial charge < -0.3 is 20.0 Å². The molecule has 0 radical (unpaired) electrons. The van der Waals surface area contributed by atoms with Crippen molar-refractivity contribution >= 4 is 28.4 Å². The van der Waals surface area contributed by atoms with Gasteiger partial charge >= 0.3 is 5.97 Å². The van der Waals surface area contributed by atoms with E-state index in [4.69, 9.17) is 4.84 Å². The fraction of sp³-hybridized carbons (Fsp3) is 0.318. The molecule has 7 heteroatoms. The minimum Gasteiger partial charge on any atom is -0.477 e. The number of carboxylic acids is 1. The summed E-state index contributed by atoms with van der Waals surface area (Å²) in [5.74, 6) is -2.06. The average Bonchev–Trinajstić information content (AvgIpc) is 3.30. The molecule has 148 valence electrons. The monoisotopic (exact) mass is 392 g/mol. The number of rotatable bonds is 4. The summed E-state index contributed by atoms with van der Waals surface area (Å²) in [5, 5.41) is 26.0. The Hall–Kier alpha value is -3.19. The van der Waals surface area contributed by atoms with Crippen LogP contribution in [0.15, 0.2) is 58.9 Å². The minimum atomic E-state index is -1.15. The summed E-state index contributed by atoms with van der Waals surface area (Å²) >= 11 is 0.